The number of fused-ring (bicyclic) bond motifs is 1. The number of benzene rings is 2. The molecule has 0 aliphatic heterocycles. The lowest BCUT2D eigenvalue weighted by Gasteiger charge is -2.35. The van der Waals surface area contributed by atoms with E-state index in [2.05, 4.69) is 4.98 Å². The van der Waals surface area contributed by atoms with Crippen LogP contribution in [0.15, 0.2) is 60.8 Å². The van der Waals surface area contributed by atoms with Gasteiger partial charge in [0.2, 0.25) is 7.37 Å². The molecule has 3 aromatic rings. The van der Waals surface area contributed by atoms with Crippen molar-refractivity contribution in [2.75, 3.05) is 0 Å². The molecule has 0 saturated carbocycles. The normalized spacial score (nSPS) is 17.3. The second-order valence-corrected chi connectivity index (χ2v) is 9.43. The van der Waals surface area contributed by atoms with Crippen LogP contribution in [0, 0.1) is 0 Å². The summed E-state index contributed by atoms with van der Waals surface area (Å²) in [5, 5.41) is 10.8. The molecule has 0 aliphatic rings. The molecular formula is C20H22NO4P. The molecule has 5 nitrogen and oxygen atoms in total. The van der Waals surface area contributed by atoms with Crippen molar-refractivity contribution < 1.29 is 19.4 Å². The van der Waals surface area contributed by atoms with E-state index in [0.717, 1.165) is 16.5 Å². The maximum atomic E-state index is 13.2. The number of carboxylic acid groups (broad SMARTS) is 1. The van der Waals surface area contributed by atoms with E-state index in [1.807, 2.05) is 12.1 Å². The second kappa shape index (κ2) is 6.75. The van der Waals surface area contributed by atoms with E-state index in [4.69, 9.17) is 0 Å². The highest BCUT2D eigenvalue weighted by Gasteiger charge is 2.49. The molecule has 3 rings (SSSR count). The number of aromatic nitrogens is 1. The maximum absolute atomic E-state index is 13.2. The maximum Gasteiger partial charge on any atom is 0.314 e. The first-order valence-electron chi connectivity index (χ1n) is 8.42. The van der Waals surface area contributed by atoms with Gasteiger partial charge in [0.05, 0.1) is 5.66 Å². The largest absolute Gasteiger partial charge is 0.481 e. The molecule has 0 spiro atoms. The zero-order chi connectivity index (χ0) is 18.9. The summed E-state index contributed by atoms with van der Waals surface area (Å²) in [4.78, 5) is 26.1. The number of aliphatic carboxylic acids is 1. The smallest absolute Gasteiger partial charge is 0.314 e. The third kappa shape index (κ3) is 3.09. The molecule has 0 amide bonds. The van der Waals surface area contributed by atoms with E-state index in [0.29, 0.717) is 5.56 Å². The van der Waals surface area contributed by atoms with Crippen molar-refractivity contribution in [1.29, 1.82) is 0 Å². The minimum absolute atomic E-state index is 0.0546. The Bertz CT molecular complexity index is 982. The minimum Gasteiger partial charge on any atom is -0.481 e. The molecule has 1 heterocycles. The van der Waals surface area contributed by atoms with Crippen LogP contribution in [-0.2, 0) is 20.9 Å². The summed E-state index contributed by atoms with van der Waals surface area (Å²) in [5.41, 5.74) is -0.400. The van der Waals surface area contributed by atoms with Crippen LogP contribution in [0.4, 0.5) is 0 Å². The van der Waals surface area contributed by atoms with Gasteiger partial charge in [0, 0.05) is 23.3 Å². The molecule has 3 unspecified atom stereocenters. The van der Waals surface area contributed by atoms with Crippen LogP contribution in [0.25, 0.3) is 10.9 Å². The highest BCUT2D eigenvalue weighted by atomic mass is 31.2. The van der Waals surface area contributed by atoms with Crippen molar-refractivity contribution in [2.45, 2.75) is 31.1 Å². The third-order valence-electron chi connectivity index (χ3n) is 5.29. The fraction of sp³-hybridized carbons (Fsp3) is 0.250. The van der Waals surface area contributed by atoms with Gasteiger partial charge in [0.25, 0.3) is 0 Å². The van der Waals surface area contributed by atoms with Crippen LogP contribution in [-0.4, -0.2) is 26.6 Å². The van der Waals surface area contributed by atoms with Crippen molar-refractivity contribution in [3.8, 4) is 0 Å². The number of hydrogen-bond donors (Lipinski definition) is 3. The highest BCUT2D eigenvalue weighted by molar-refractivity contribution is 7.58. The standard InChI is InChI=1S/C20H22NO4P/c1-14(26(24,25)13-15-7-4-3-5-8-15)20(2,19(22)23)17-9-6-10-18-16(17)11-12-21-18/h3-12,14,21H,13H2,1-2H3,(H,22,23)(H,24,25). The lowest BCUT2D eigenvalue weighted by Crippen LogP contribution is -2.42. The van der Waals surface area contributed by atoms with Crippen LogP contribution >= 0.6 is 7.37 Å². The fourth-order valence-electron chi connectivity index (χ4n) is 3.44. The van der Waals surface area contributed by atoms with Gasteiger partial charge in [-0.25, -0.2) is 0 Å². The Hall–Kier alpha value is -2.36. The van der Waals surface area contributed by atoms with Crippen molar-refractivity contribution in [3.63, 3.8) is 0 Å². The number of aromatic amines is 1. The summed E-state index contributed by atoms with van der Waals surface area (Å²) in [6.07, 6.45) is 1.69. The van der Waals surface area contributed by atoms with Crippen molar-refractivity contribution in [1.82, 2.24) is 4.98 Å². The van der Waals surface area contributed by atoms with Gasteiger partial charge in [-0.2, -0.15) is 0 Å². The lowest BCUT2D eigenvalue weighted by molar-refractivity contribution is -0.143. The van der Waals surface area contributed by atoms with Crippen LogP contribution in [0.5, 0.6) is 0 Å². The Morgan fingerprint density at radius 3 is 2.50 bits per heavy atom. The van der Waals surface area contributed by atoms with E-state index in [1.54, 1.807) is 55.6 Å². The molecule has 136 valence electrons. The predicted octanol–water partition coefficient (Wildman–Crippen LogP) is 4.37. The molecule has 0 fully saturated rings. The van der Waals surface area contributed by atoms with Gasteiger partial charge in [-0.05, 0) is 30.2 Å². The Labute approximate surface area is 152 Å². The van der Waals surface area contributed by atoms with E-state index >= 15 is 0 Å². The number of carbonyl (C=O) groups is 1. The minimum atomic E-state index is -3.80. The molecule has 6 heteroatoms. The molecule has 3 atom stereocenters. The van der Waals surface area contributed by atoms with Crippen molar-refractivity contribution in [2.24, 2.45) is 0 Å². The molecular weight excluding hydrogens is 349 g/mol. The second-order valence-electron chi connectivity index (χ2n) is 6.83. The van der Waals surface area contributed by atoms with Crippen molar-refractivity contribution in [3.05, 3.63) is 71.9 Å². The summed E-state index contributed by atoms with van der Waals surface area (Å²) in [7, 11) is -3.80. The van der Waals surface area contributed by atoms with E-state index in [1.165, 1.54) is 6.92 Å². The van der Waals surface area contributed by atoms with Crippen LogP contribution in [0.3, 0.4) is 0 Å². The summed E-state index contributed by atoms with van der Waals surface area (Å²) in [6.45, 7) is 3.10. The van der Waals surface area contributed by atoms with Gasteiger partial charge in [-0.1, -0.05) is 49.4 Å². The average molecular weight is 371 g/mol. The fourth-order valence-corrected chi connectivity index (χ4v) is 5.51. The first kappa shape index (κ1) is 18.4. The summed E-state index contributed by atoms with van der Waals surface area (Å²) < 4.78 is 13.2. The molecule has 2 aromatic carbocycles. The van der Waals surface area contributed by atoms with E-state index in [-0.39, 0.29) is 6.16 Å². The zero-order valence-corrected chi connectivity index (χ0v) is 15.6. The number of rotatable bonds is 6. The van der Waals surface area contributed by atoms with Crippen LogP contribution in [0.1, 0.15) is 25.0 Å². The molecule has 26 heavy (non-hydrogen) atoms. The van der Waals surface area contributed by atoms with Crippen LogP contribution < -0.4 is 0 Å². The molecule has 0 bridgehead atoms. The molecule has 0 radical (unpaired) electrons. The number of hydrogen-bond acceptors (Lipinski definition) is 2. The van der Waals surface area contributed by atoms with Gasteiger partial charge in [0.15, 0.2) is 0 Å². The van der Waals surface area contributed by atoms with Crippen LogP contribution in [0.2, 0.25) is 0 Å². The quantitative estimate of drug-likeness (QED) is 0.561. The van der Waals surface area contributed by atoms with Gasteiger partial charge >= 0.3 is 5.97 Å². The highest BCUT2D eigenvalue weighted by Crippen LogP contribution is 2.56. The zero-order valence-electron chi connectivity index (χ0n) is 14.7. The Morgan fingerprint density at radius 1 is 1.15 bits per heavy atom. The molecule has 0 saturated heterocycles. The van der Waals surface area contributed by atoms with Gasteiger partial charge in [-0.3, -0.25) is 9.36 Å². The summed E-state index contributed by atoms with van der Waals surface area (Å²) >= 11 is 0. The van der Waals surface area contributed by atoms with Gasteiger partial charge < -0.3 is 15.0 Å². The van der Waals surface area contributed by atoms with Crippen molar-refractivity contribution >= 4 is 24.2 Å². The van der Waals surface area contributed by atoms with E-state index in [9.17, 15) is 19.4 Å². The van der Waals surface area contributed by atoms with Gasteiger partial charge in [-0.15, -0.1) is 0 Å². The molecule has 1 aromatic heterocycles. The first-order valence-corrected chi connectivity index (χ1v) is 10.3. The Balaban J connectivity index is 2.08. The lowest BCUT2D eigenvalue weighted by atomic mass is 9.78. The predicted molar refractivity (Wildman–Crippen MR) is 103 cm³/mol. The summed E-state index contributed by atoms with van der Waals surface area (Å²) in [6, 6.07) is 16.1. The molecule has 0 aliphatic carbocycles. The number of H-pyrrole nitrogens is 1. The summed E-state index contributed by atoms with van der Waals surface area (Å²) in [5.74, 6) is -1.11. The Morgan fingerprint density at radius 2 is 1.85 bits per heavy atom. The topological polar surface area (TPSA) is 90.4 Å². The first-order chi connectivity index (χ1) is 12.3. The Kier molecular flexibility index (Phi) is 4.78. The van der Waals surface area contributed by atoms with Gasteiger partial charge in [0.1, 0.15) is 5.41 Å². The third-order valence-corrected chi connectivity index (χ3v) is 7.84. The van der Waals surface area contributed by atoms with E-state index < -0.39 is 24.4 Å². The number of nitrogens with one attached hydrogen (secondary N) is 1. The average Bonchev–Trinajstić information content (AvgIpc) is 3.09. The monoisotopic (exact) mass is 371 g/mol. The molecule has 3 N–H and O–H groups in total. The SMILES string of the molecule is CC(C(C)(C(=O)O)c1cccc2[nH]ccc12)P(=O)(O)Cc1ccccc1. The number of carboxylic acids is 1.